The average Bonchev–Trinajstić information content (AvgIpc) is 2.39. The van der Waals surface area contributed by atoms with Crippen molar-refractivity contribution in [2.75, 3.05) is 6.54 Å². The zero-order valence-corrected chi connectivity index (χ0v) is 11.3. The van der Waals surface area contributed by atoms with Gasteiger partial charge in [-0.2, -0.15) is 0 Å². The molecule has 0 fully saturated rings. The number of benzene rings is 1. The summed E-state index contributed by atoms with van der Waals surface area (Å²) in [5.41, 5.74) is 0.0753. The highest BCUT2D eigenvalue weighted by Crippen LogP contribution is 2.12. The van der Waals surface area contributed by atoms with Gasteiger partial charge in [0, 0.05) is 24.2 Å². The monoisotopic (exact) mass is 281 g/mol. The Kier molecular flexibility index (Phi) is 5.87. The van der Waals surface area contributed by atoms with Crippen molar-refractivity contribution < 1.29 is 9.72 Å². The van der Waals surface area contributed by atoms with Crippen LogP contribution in [0.2, 0.25) is 0 Å². The normalized spacial score (nSPS) is 9.74. The quantitative estimate of drug-likeness (QED) is 0.373. The highest BCUT2D eigenvalue weighted by Gasteiger charge is 2.12. The molecule has 2 N–H and O–H groups in total. The summed E-state index contributed by atoms with van der Waals surface area (Å²) in [5.74, 6) is -0.460. The molecule has 0 atom stereocenters. The number of thiocarbonyl (C=S) groups is 1. The topological polar surface area (TPSA) is 84.3 Å². The fraction of sp³-hybridized carbons (Fsp3) is 0.333. The minimum atomic E-state index is -0.547. The van der Waals surface area contributed by atoms with Crippen molar-refractivity contribution in [2.24, 2.45) is 0 Å². The third kappa shape index (κ3) is 5.01. The van der Waals surface area contributed by atoms with Crippen molar-refractivity contribution in [3.05, 3.63) is 39.9 Å². The molecule has 1 amide bonds. The van der Waals surface area contributed by atoms with E-state index in [1.165, 1.54) is 24.3 Å². The summed E-state index contributed by atoms with van der Waals surface area (Å²) in [7, 11) is 0. The number of nitro groups is 1. The van der Waals surface area contributed by atoms with Crippen LogP contribution in [0.4, 0.5) is 5.69 Å². The number of hydrogen-bond acceptors (Lipinski definition) is 4. The van der Waals surface area contributed by atoms with E-state index in [9.17, 15) is 14.9 Å². The van der Waals surface area contributed by atoms with Crippen LogP contribution in [0.5, 0.6) is 0 Å². The van der Waals surface area contributed by atoms with Crippen LogP contribution in [0.15, 0.2) is 24.3 Å². The van der Waals surface area contributed by atoms with Crippen LogP contribution in [-0.2, 0) is 0 Å². The molecule has 1 rings (SSSR count). The lowest BCUT2D eigenvalue weighted by Gasteiger charge is -2.08. The second kappa shape index (κ2) is 7.42. The lowest BCUT2D eigenvalue weighted by molar-refractivity contribution is -0.384. The van der Waals surface area contributed by atoms with Crippen molar-refractivity contribution in [1.82, 2.24) is 10.6 Å². The largest absolute Gasteiger partial charge is 0.362 e. The summed E-state index contributed by atoms with van der Waals surface area (Å²) < 4.78 is 0. The van der Waals surface area contributed by atoms with Gasteiger partial charge in [-0.05, 0) is 24.7 Å². The molecule has 1 aromatic carbocycles. The van der Waals surface area contributed by atoms with Gasteiger partial charge >= 0.3 is 0 Å². The van der Waals surface area contributed by atoms with Crippen molar-refractivity contribution in [2.45, 2.75) is 19.8 Å². The third-order valence-corrected chi connectivity index (χ3v) is 2.61. The fourth-order valence-corrected chi connectivity index (χ4v) is 1.55. The summed E-state index contributed by atoms with van der Waals surface area (Å²) in [6.45, 7) is 2.73. The van der Waals surface area contributed by atoms with Crippen molar-refractivity contribution in [1.29, 1.82) is 0 Å². The number of nitrogens with zero attached hydrogens (tertiary/aromatic N) is 1. The maximum absolute atomic E-state index is 11.8. The molecule has 0 spiro atoms. The van der Waals surface area contributed by atoms with Gasteiger partial charge in [0.15, 0.2) is 5.11 Å². The van der Waals surface area contributed by atoms with E-state index in [-0.39, 0.29) is 16.4 Å². The number of unbranched alkanes of at least 4 members (excludes halogenated alkanes) is 1. The Morgan fingerprint density at radius 1 is 1.47 bits per heavy atom. The summed E-state index contributed by atoms with van der Waals surface area (Å²) in [6, 6.07) is 5.50. The Hall–Kier alpha value is -2.02. The molecular formula is C12H15N3O3S. The van der Waals surface area contributed by atoms with Gasteiger partial charge in [-0.25, -0.2) is 0 Å². The first-order valence-electron chi connectivity index (χ1n) is 5.88. The van der Waals surface area contributed by atoms with Crippen molar-refractivity contribution in [3.63, 3.8) is 0 Å². The van der Waals surface area contributed by atoms with E-state index in [1.807, 2.05) is 6.92 Å². The van der Waals surface area contributed by atoms with Crippen molar-refractivity contribution >= 4 is 28.9 Å². The van der Waals surface area contributed by atoms with E-state index >= 15 is 0 Å². The molecule has 0 radical (unpaired) electrons. The summed E-state index contributed by atoms with van der Waals surface area (Å²) in [5, 5.41) is 16.2. The van der Waals surface area contributed by atoms with Crippen LogP contribution >= 0.6 is 12.2 Å². The Balaban J connectivity index is 2.60. The molecule has 0 aromatic heterocycles. The fourth-order valence-electron chi connectivity index (χ4n) is 1.36. The SMILES string of the molecule is CCCCNC(=S)NC(=O)c1cccc([N+](=O)[O-])c1. The second-order valence-electron chi connectivity index (χ2n) is 3.87. The number of hydrogen-bond donors (Lipinski definition) is 2. The summed E-state index contributed by atoms with van der Waals surface area (Å²) >= 11 is 4.95. The first-order chi connectivity index (χ1) is 9.04. The summed E-state index contributed by atoms with van der Waals surface area (Å²) in [4.78, 5) is 21.9. The lowest BCUT2D eigenvalue weighted by Crippen LogP contribution is -2.39. The lowest BCUT2D eigenvalue weighted by atomic mass is 10.2. The maximum atomic E-state index is 11.8. The predicted octanol–water partition coefficient (Wildman–Crippen LogP) is 2.00. The van der Waals surface area contributed by atoms with Gasteiger partial charge in [-0.15, -0.1) is 0 Å². The minimum Gasteiger partial charge on any atom is -0.362 e. The van der Waals surface area contributed by atoms with Crippen LogP contribution in [0, 0.1) is 10.1 Å². The number of nitrogens with one attached hydrogen (secondary N) is 2. The van der Waals surface area contributed by atoms with Crippen LogP contribution in [-0.4, -0.2) is 22.5 Å². The van der Waals surface area contributed by atoms with E-state index in [2.05, 4.69) is 10.6 Å². The molecule has 7 heteroatoms. The van der Waals surface area contributed by atoms with Gasteiger partial charge < -0.3 is 5.32 Å². The molecule has 0 aliphatic rings. The van der Waals surface area contributed by atoms with E-state index in [4.69, 9.17) is 12.2 Å². The molecule has 0 aliphatic carbocycles. The average molecular weight is 281 g/mol. The molecule has 0 bridgehead atoms. The molecular weight excluding hydrogens is 266 g/mol. The first-order valence-corrected chi connectivity index (χ1v) is 6.29. The maximum Gasteiger partial charge on any atom is 0.270 e. The van der Waals surface area contributed by atoms with E-state index in [0.717, 1.165) is 12.8 Å². The number of non-ortho nitro benzene ring substituents is 1. The van der Waals surface area contributed by atoms with Gasteiger partial charge in [0.25, 0.3) is 11.6 Å². The number of rotatable bonds is 5. The molecule has 0 saturated heterocycles. The smallest absolute Gasteiger partial charge is 0.270 e. The summed E-state index contributed by atoms with van der Waals surface area (Å²) in [6.07, 6.45) is 1.97. The zero-order valence-electron chi connectivity index (χ0n) is 10.5. The van der Waals surface area contributed by atoms with Gasteiger partial charge in [-0.1, -0.05) is 19.4 Å². The number of amides is 1. The van der Waals surface area contributed by atoms with Gasteiger partial charge in [0.1, 0.15) is 0 Å². The number of carbonyl (C=O) groups is 1. The molecule has 0 unspecified atom stereocenters. The predicted molar refractivity (Wildman–Crippen MR) is 76.1 cm³/mol. The number of carbonyl (C=O) groups excluding carboxylic acids is 1. The molecule has 19 heavy (non-hydrogen) atoms. The van der Waals surface area contributed by atoms with Crippen LogP contribution in [0.3, 0.4) is 0 Å². The Morgan fingerprint density at radius 2 is 2.21 bits per heavy atom. The van der Waals surface area contributed by atoms with Crippen LogP contribution < -0.4 is 10.6 Å². The third-order valence-electron chi connectivity index (χ3n) is 2.36. The number of nitro benzene ring substituents is 1. The van der Waals surface area contributed by atoms with Gasteiger partial charge in [0.2, 0.25) is 0 Å². The molecule has 6 nitrogen and oxygen atoms in total. The van der Waals surface area contributed by atoms with Crippen molar-refractivity contribution in [3.8, 4) is 0 Å². The molecule has 0 heterocycles. The van der Waals surface area contributed by atoms with Crippen LogP contribution in [0.1, 0.15) is 30.1 Å². The first kappa shape index (κ1) is 15.0. The zero-order chi connectivity index (χ0) is 14.3. The molecule has 0 saturated carbocycles. The second-order valence-corrected chi connectivity index (χ2v) is 4.28. The minimum absolute atomic E-state index is 0.127. The Morgan fingerprint density at radius 3 is 2.84 bits per heavy atom. The van der Waals surface area contributed by atoms with E-state index < -0.39 is 10.8 Å². The van der Waals surface area contributed by atoms with Gasteiger partial charge in [-0.3, -0.25) is 20.2 Å². The Labute approximate surface area is 116 Å². The molecule has 1 aromatic rings. The highest BCUT2D eigenvalue weighted by atomic mass is 32.1. The Bertz CT molecular complexity index is 491. The molecule has 102 valence electrons. The van der Waals surface area contributed by atoms with E-state index in [0.29, 0.717) is 6.54 Å². The van der Waals surface area contributed by atoms with Crippen LogP contribution in [0.25, 0.3) is 0 Å². The highest BCUT2D eigenvalue weighted by molar-refractivity contribution is 7.80. The standard InChI is InChI=1S/C12H15N3O3S/c1-2-3-7-13-12(19)14-11(16)9-5-4-6-10(8-9)15(17)18/h4-6,8H,2-3,7H2,1H3,(H2,13,14,16,19). The van der Waals surface area contributed by atoms with Gasteiger partial charge in [0.05, 0.1) is 4.92 Å². The van der Waals surface area contributed by atoms with E-state index in [1.54, 1.807) is 0 Å². The molecule has 0 aliphatic heterocycles.